The molecule has 0 saturated carbocycles. The summed E-state index contributed by atoms with van der Waals surface area (Å²) in [5.41, 5.74) is 0. The average molecular weight is 366 g/mol. The zero-order valence-corrected chi connectivity index (χ0v) is 12.8. The average Bonchev–Trinajstić information content (AvgIpc) is 2.38. The number of hydrogen-bond acceptors (Lipinski definition) is 3. The second-order valence-corrected chi connectivity index (χ2v) is 7.25. The number of hydrogen-bond donors (Lipinski definition) is 1. The number of halogens is 2. The predicted octanol–water partition coefficient (Wildman–Crippen LogP) is 2.22. The molecule has 1 aromatic carbocycles. The highest BCUT2D eigenvalue weighted by Crippen LogP contribution is 2.30. The van der Waals surface area contributed by atoms with E-state index in [4.69, 9.17) is 5.11 Å². The van der Waals surface area contributed by atoms with Crippen LogP contribution in [-0.2, 0) is 14.8 Å². The second kappa shape index (κ2) is 5.79. The van der Waals surface area contributed by atoms with Gasteiger partial charge in [0.15, 0.2) is 0 Å². The highest BCUT2D eigenvalue weighted by Gasteiger charge is 2.38. The number of carboxylic acid groups (broad SMARTS) is 1. The van der Waals surface area contributed by atoms with E-state index >= 15 is 0 Å². The first kappa shape index (κ1) is 15.4. The van der Waals surface area contributed by atoms with Crippen LogP contribution >= 0.6 is 15.9 Å². The Morgan fingerprint density at radius 2 is 2.10 bits per heavy atom. The van der Waals surface area contributed by atoms with Crippen LogP contribution in [0.15, 0.2) is 27.6 Å². The fourth-order valence-corrected chi connectivity index (χ4v) is 4.91. The number of rotatable bonds is 3. The number of carbonyl (C=O) groups is 1. The molecule has 1 fully saturated rings. The molecule has 110 valence electrons. The van der Waals surface area contributed by atoms with E-state index in [0.717, 1.165) is 22.5 Å². The van der Waals surface area contributed by atoms with E-state index in [-0.39, 0.29) is 22.3 Å². The third-order valence-electron chi connectivity index (χ3n) is 3.22. The van der Waals surface area contributed by atoms with Gasteiger partial charge >= 0.3 is 5.97 Å². The Kier molecular flexibility index (Phi) is 4.46. The molecule has 0 radical (unpaired) electrons. The molecule has 0 unspecified atom stereocenters. The number of nitrogens with zero attached hydrogens (tertiary/aromatic N) is 1. The minimum Gasteiger partial charge on any atom is -0.480 e. The van der Waals surface area contributed by atoms with Crippen molar-refractivity contribution in [2.75, 3.05) is 6.54 Å². The zero-order valence-electron chi connectivity index (χ0n) is 10.4. The number of piperidine rings is 1. The van der Waals surface area contributed by atoms with Crippen LogP contribution in [-0.4, -0.2) is 36.4 Å². The molecule has 1 aliphatic rings. The molecule has 1 aliphatic heterocycles. The maximum atomic E-state index is 13.1. The number of benzene rings is 1. The summed E-state index contributed by atoms with van der Waals surface area (Å²) in [6.07, 6.45) is 1.57. The molecule has 0 spiro atoms. The van der Waals surface area contributed by atoms with E-state index in [9.17, 15) is 17.6 Å². The monoisotopic (exact) mass is 365 g/mol. The summed E-state index contributed by atoms with van der Waals surface area (Å²) in [4.78, 5) is 11.1. The topological polar surface area (TPSA) is 74.7 Å². The van der Waals surface area contributed by atoms with Gasteiger partial charge in [0.2, 0.25) is 10.0 Å². The van der Waals surface area contributed by atoms with Crippen molar-refractivity contribution in [1.29, 1.82) is 0 Å². The highest BCUT2D eigenvalue weighted by molar-refractivity contribution is 9.10. The smallest absolute Gasteiger partial charge is 0.322 e. The van der Waals surface area contributed by atoms with Gasteiger partial charge in [-0.25, -0.2) is 12.8 Å². The maximum absolute atomic E-state index is 13.1. The minimum absolute atomic E-state index is 0.0900. The third-order valence-corrected chi connectivity index (χ3v) is 6.10. The molecular weight excluding hydrogens is 353 g/mol. The van der Waals surface area contributed by atoms with Gasteiger partial charge in [-0.05, 0) is 53.4 Å². The summed E-state index contributed by atoms with van der Waals surface area (Å²) in [5.74, 6) is -1.73. The van der Waals surface area contributed by atoms with Crippen molar-refractivity contribution in [3.63, 3.8) is 0 Å². The Labute approximate surface area is 124 Å². The zero-order chi connectivity index (χ0) is 14.9. The van der Waals surface area contributed by atoms with E-state index < -0.39 is 27.9 Å². The number of carboxylic acids is 1. The summed E-state index contributed by atoms with van der Waals surface area (Å²) in [6.45, 7) is 0.156. The lowest BCUT2D eigenvalue weighted by molar-refractivity contribution is -0.142. The number of aliphatic carboxylic acids is 1. The molecule has 0 bridgehead atoms. The largest absolute Gasteiger partial charge is 0.480 e. The Morgan fingerprint density at radius 3 is 2.70 bits per heavy atom. The van der Waals surface area contributed by atoms with Crippen molar-refractivity contribution >= 4 is 31.9 Å². The van der Waals surface area contributed by atoms with Crippen LogP contribution in [0.3, 0.4) is 0 Å². The first-order valence-electron chi connectivity index (χ1n) is 6.04. The Hall–Kier alpha value is -0.990. The van der Waals surface area contributed by atoms with Crippen molar-refractivity contribution in [2.24, 2.45) is 0 Å². The van der Waals surface area contributed by atoms with Crippen LogP contribution < -0.4 is 0 Å². The normalized spacial score (nSPS) is 20.8. The summed E-state index contributed by atoms with van der Waals surface area (Å²) < 4.78 is 39.2. The van der Waals surface area contributed by atoms with Gasteiger partial charge in [-0.15, -0.1) is 0 Å². The van der Waals surface area contributed by atoms with E-state index in [1.54, 1.807) is 0 Å². The lowest BCUT2D eigenvalue weighted by atomic mass is 10.1. The molecule has 1 heterocycles. The van der Waals surface area contributed by atoms with Gasteiger partial charge in [0.1, 0.15) is 11.9 Å². The first-order chi connectivity index (χ1) is 9.34. The molecule has 0 aromatic heterocycles. The van der Waals surface area contributed by atoms with Crippen LogP contribution in [0, 0.1) is 5.82 Å². The van der Waals surface area contributed by atoms with Crippen molar-refractivity contribution in [3.05, 3.63) is 28.5 Å². The molecule has 1 atom stereocenters. The fourth-order valence-electron chi connectivity index (χ4n) is 2.25. The lowest BCUT2D eigenvalue weighted by Gasteiger charge is -2.32. The van der Waals surface area contributed by atoms with Crippen molar-refractivity contribution in [1.82, 2.24) is 4.31 Å². The molecule has 20 heavy (non-hydrogen) atoms. The van der Waals surface area contributed by atoms with E-state index in [1.165, 1.54) is 0 Å². The van der Waals surface area contributed by atoms with Crippen LogP contribution in [0.1, 0.15) is 19.3 Å². The molecule has 8 heteroatoms. The first-order valence-corrected chi connectivity index (χ1v) is 8.27. The van der Waals surface area contributed by atoms with Gasteiger partial charge in [-0.3, -0.25) is 4.79 Å². The van der Waals surface area contributed by atoms with Gasteiger partial charge < -0.3 is 5.11 Å². The summed E-state index contributed by atoms with van der Waals surface area (Å²) in [7, 11) is -3.96. The highest BCUT2D eigenvalue weighted by atomic mass is 79.9. The Balaban J connectivity index is 2.45. The summed E-state index contributed by atoms with van der Waals surface area (Å²) >= 11 is 3.01. The van der Waals surface area contributed by atoms with Crippen LogP contribution in [0.2, 0.25) is 0 Å². The van der Waals surface area contributed by atoms with Crippen LogP contribution in [0.25, 0.3) is 0 Å². The maximum Gasteiger partial charge on any atom is 0.322 e. The Bertz CT molecular complexity index is 634. The van der Waals surface area contributed by atoms with E-state index in [2.05, 4.69) is 15.9 Å². The number of sulfonamides is 1. The SMILES string of the molecule is O=C(O)[C@@H]1CCCCN1S(=O)(=O)c1ccc(F)cc1Br. The van der Waals surface area contributed by atoms with Crippen LogP contribution in [0.5, 0.6) is 0 Å². The van der Waals surface area contributed by atoms with Gasteiger partial charge in [0.25, 0.3) is 0 Å². The molecule has 5 nitrogen and oxygen atoms in total. The molecule has 0 aliphatic carbocycles. The van der Waals surface area contributed by atoms with Crippen molar-refractivity contribution < 1.29 is 22.7 Å². The minimum atomic E-state index is -3.96. The fraction of sp³-hybridized carbons (Fsp3) is 0.417. The standard InChI is InChI=1S/C12H13BrFNO4S/c13-9-7-8(14)4-5-11(9)20(18,19)15-6-2-1-3-10(15)12(16)17/h4-5,7,10H,1-3,6H2,(H,16,17)/t10-/m0/s1. The van der Waals surface area contributed by atoms with E-state index in [1.807, 2.05) is 0 Å². The summed E-state index contributed by atoms with van der Waals surface area (Å²) in [5, 5.41) is 9.15. The van der Waals surface area contributed by atoms with Gasteiger partial charge in [-0.1, -0.05) is 0 Å². The van der Waals surface area contributed by atoms with Crippen LogP contribution in [0.4, 0.5) is 4.39 Å². The van der Waals surface area contributed by atoms with Crippen molar-refractivity contribution in [3.8, 4) is 0 Å². The third kappa shape index (κ3) is 2.87. The summed E-state index contributed by atoms with van der Waals surface area (Å²) in [6, 6.07) is 2.16. The molecule has 1 saturated heterocycles. The molecular formula is C12H13BrFNO4S. The quantitative estimate of drug-likeness (QED) is 0.890. The lowest BCUT2D eigenvalue weighted by Crippen LogP contribution is -2.47. The van der Waals surface area contributed by atoms with Gasteiger partial charge in [0, 0.05) is 11.0 Å². The predicted molar refractivity (Wildman–Crippen MR) is 73.3 cm³/mol. The van der Waals surface area contributed by atoms with Gasteiger partial charge in [0.05, 0.1) is 4.90 Å². The molecule has 0 amide bonds. The second-order valence-electron chi connectivity index (χ2n) is 4.54. The van der Waals surface area contributed by atoms with E-state index in [0.29, 0.717) is 12.8 Å². The van der Waals surface area contributed by atoms with Crippen molar-refractivity contribution in [2.45, 2.75) is 30.2 Å². The van der Waals surface area contributed by atoms with Gasteiger partial charge in [-0.2, -0.15) is 4.31 Å². The Morgan fingerprint density at radius 1 is 1.40 bits per heavy atom. The molecule has 1 N–H and O–H groups in total. The molecule has 1 aromatic rings. The molecule has 2 rings (SSSR count).